The Morgan fingerprint density at radius 1 is 1.42 bits per heavy atom. The average Bonchev–Trinajstić information content (AvgIpc) is 2.07. The molecule has 0 amide bonds. The Hall–Kier alpha value is -0.570. The van der Waals surface area contributed by atoms with Crippen molar-refractivity contribution >= 4 is 21.6 Å². The van der Waals surface area contributed by atoms with Crippen molar-refractivity contribution in [3.63, 3.8) is 0 Å². The predicted octanol–water partition coefficient (Wildman–Crippen LogP) is 2.95. The number of nitrogens with one attached hydrogen (secondary N) is 1. The molecule has 0 aromatic heterocycles. The van der Waals surface area contributed by atoms with Crippen molar-refractivity contribution in [1.82, 2.24) is 0 Å². The number of benzene rings is 1. The van der Waals surface area contributed by atoms with Crippen LogP contribution in [0.3, 0.4) is 0 Å². The lowest BCUT2D eigenvalue weighted by Gasteiger charge is -2.17. The van der Waals surface area contributed by atoms with Crippen LogP contribution in [0.1, 0.15) is 12.0 Å². The van der Waals surface area contributed by atoms with Gasteiger partial charge in [0.15, 0.2) is 0 Å². The summed E-state index contributed by atoms with van der Waals surface area (Å²) in [5.41, 5.74) is 2.15. The lowest BCUT2D eigenvalue weighted by Crippen LogP contribution is -2.11. The molecule has 1 aromatic carbocycles. The molecule has 0 unspecified atom stereocenters. The first-order chi connectivity index (χ1) is 5.77. The fourth-order valence-corrected chi connectivity index (χ4v) is 1.85. The predicted molar refractivity (Wildman–Crippen MR) is 50.9 cm³/mol. The summed E-state index contributed by atoms with van der Waals surface area (Å²) in [5, 5.41) is 3.17. The lowest BCUT2D eigenvalue weighted by molar-refractivity contribution is 0.619. The van der Waals surface area contributed by atoms with Gasteiger partial charge in [0, 0.05) is 12.2 Å². The monoisotopic (exact) mass is 229 g/mol. The maximum atomic E-state index is 13.0. The van der Waals surface area contributed by atoms with E-state index in [1.165, 1.54) is 5.56 Å². The standard InChI is InChI=1S/C9H9BrFN/c10-7-4-6-2-1-3-12-9(6)5-8(7)11/h4-5,12H,1-3H2. The van der Waals surface area contributed by atoms with Crippen LogP contribution in [0.4, 0.5) is 10.1 Å². The SMILES string of the molecule is Fc1cc2c(cc1Br)CCCN2. The molecule has 0 saturated carbocycles. The first kappa shape index (κ1) is 8.05. The lowest BCUT2D eigenvalue weighted by atomic mass is 10.0. The molecule has 1 aromatic rings. The van der Waals surface area contributed by atoms with E-state index in [1.807, 2.05) is 6.07 Å². The fraction of sp³-hybridized carbons (Fsp3) is 0.333. The fourth-order valence-electron chi connectivity index (χ4n) is 1.46. The van der Waals surface area contributed by atoms with Crippen LogP contribution >= 0.6 is 15.9 Å². The van der Waals surface area contributed by atoms with Crippen molar-refractivity contribution in [3.8, 4) is 0 Å². The molecule has 1 nitrogen and oxygen atoms in total. The molecule has 1 heterocycles. The van der Waals surface area contributed by atoms with Crippen LogP contribution in [0.5, 0.6) is 0 Å². The van der Waals surface area contributed by atoms with E-state index in [-0.39, 0.29) is 5.82 Å². The summed E-state index contributed by atoms with van der Waals surface area (Å²) in [7, 11) is 0. The van der Waals surface area contributed by atoms with Gasteiger partial charge in [-0.05, 0) is 46.5 Å². The van der Waals surface area contributed by atoms with Gasteiger partial charge in [-0.3, -0.25) is 0 Å². The van der Waals surface area contributed by atoms with Gasteiger partial charge in [0.05, 0.1) is 4.47 Å². The van der Waals surface area contributed by atoms with E-state index in [9.17, 15) is 4.39 Å². The molecule has 1 aliphatic rings. The van der Waals surface area contributed by atoms with E-state index >= 15 is 0 Å². The van der Waals surface area contributed by atoms with Crippen LogP contribution in [0.15, 0.2) is 16.6 Å². The van der Waals surface area contributed by atoms with Gasteiger partial charge >= 0.3 is 0 Å². The Balaban J connectivity index is 2.49. The molecule has 0 bridgehead atoms. The van der Waals surface area contributed by atoms with Gasteiger partial charge in [-0.15, -0.1) is 0 Å². The van der Waals surface area contributed by atoms with Crippen LogP contribution in [-0.2, 0) is 6.42 Å². The molecule has 0 fully saturated rings. The van der Waals surface area contributed by atoms with Crippen molar-refractivity contribution < 1.29 is 4.39 Å². The number of hydrogen-bond acceptors (Lipinski definition) is 1. The first-order valence-electron chi connectivity index (χ1n) is 3.99. The van der Waals surface area contributed by atoms with Crippen LogP contribution in [0.25, 0.3) is 0 Å². The minimum atomic E-state index is -0.192. The molecule has 0 spiro atoms. The highest BCUT2D eigenvalue weighted by molar-refractivity contribution is 9.10. The summed E-state index contributed by atoms with van der Waals surface area (Å²) in [6.07, 6.45) is 2.17. The summed E-state index contributed by atoms with van der Waals surface area (Å²) in [4.78, 5) is 0. The molecule has 3 heteroatoms. The van der Waals surface area contributed by atoms with Gasteiger partial charge < -0.3 is 5.32 Å². The Morgan fingerprint density at radius 3 is 3.08 bits per heavy atom. The van der Waals surface area contributed by atoms with Crippen molar-refractivity contribution in [1.29, 1.82) is 0 Å². The van der Waals surface area contributed by atoms with Crippen molar-refractivity contribution in [3.05, 3.63) is 28.0 Å². The quantitative estimate of drug-likeness (QED) is 0.722. The molecule has 0 saturated heterocycles. The molecule has 12 heavy (non-hydrogen) atoms. The Bertz CT molecular complexity index is 281. The van der Waals surface area contributed by atoms with Crippen molar-refractivity contribution in [2.24, 2.45) is 0 Å². The van der Waals surface area contributed by atoms with E-state index in [0.717, 1.165) is 25.1 Å². The Morgan fingerprint density at radius 2 is 2.25 bits per heavy atom. The highest BCUT2D eigenvalue weighted by atomic mass is 79.9. The third-order valence-electron chi connectivity index (χ3n) is 2.08. The average molecular weight is 230 g/mol. The second kappa shape index (κ2) is 3.05. The normalized spacial score (nSPS) is 15.2. The molecule has 1 aliphatic heterocycles. The molecule has 2 rings (SSSR count). The van der Waals surface area contributed by atoms with E-state index in [2.05, 4.69) is 21.2 Å². The number of anilines is 1. The highest BCUT2D eigenvalue weighted by Gasteiger charge is 2.11. The van der Waals surface area contributed by atoms with Crippen LogP contribution < -0.4 is 5.32 Å². The molecule has 0 aliphatic carbocycles. The van der Waals surface area contributed by atoms with Crippen molar-refractivity contribution in [2.75, 3.05) is 11.9 Å². The molecular formula is C9H9BrFN. The molecule has 0 atom stereocenters. The summed E-state index contributed by atoms with van der Waals surface area (Å²) >= 11 is 3.17. The number of aryl methyl sites for hydroxylation is 1. The number of fused-ring (bicyclic) bond motifs is 1. The molecule has 64 valence electrons. The van der Waals surface area contributed by atoms with Crippen LogP contribution in [0, 0.1) is 5.82 Å². The van der Waals surface area contributed by atoms with E-state index in [4.69, 9.17) is 0 Å². The van der Waals surface area contributed by atoms with Gasteiger partial charge in [0.2, 0.25) is 0 Å². The zero-order valence-corrected chi connectivity index (χ0v) is 8.12. The minimum absolute atomic E-state index is 0.192. The summed E-state index contributed by atoms with van der Waals surface area (Å²) < 4.78 is 13.6. The van der Waals surface area contributed by atoms with Gasteiger partial charge in [0.25, 0.3) is 0 Å². The number of hydrogen-bond donors (Lipinski definition) is 1. The van der Waals surface area contributed by atoms with Crippen LogP contribution in [-0.4, -0.2) is 6.54 Å². The zero-order valence-electron chi connectivity index (χ0n) is 6.53. The minimum Gasteiger partial charge on any atom is -0.385 e. The summed E-state index contributed by atoms with van der Waals surface area (Å²) in [6.45, 7) is 0.952. The summed E-state index contributed by atoms with van der Waals surface area (Å²) in [6, 6.07) is 3.41. The molecule has 1 N–H and O–H groups in total. The van der Waals surface area contributed by atoms with Gasteiger partial charge in [-0.25, -0.2) is 4.39 Å². The zero-order chi connectivity index (χ0) is 8.55. The van der Waals surface area contributed by atoms with Gasteiger partial charge in [0.1, 0.15) is 5.82 Å². The third-order valence-corrected chi connectivity index (χ3v) is 2.69. The second-order valence-corrected chi connectivity index (χ2v) is 3.81. The topological polar surface area (TPSA) is 12.0 Å². The third kappa shape index (κ3) is 1.33. The number of rotatable bonds is 0. The smallest absolute Gasteiger partial charge is 0.139 e. The number of halogens is 2. The maximum absolute atomic E-state index is 13.0. The molecule has 0 radical (unpaired) electrons. The van der Waals surface area contributed by atoms with Gasteiger partial charge in [-0.2, -0.15) is 0 Å². The Kier molecular flexibility index (Phi) is 2.05. The summed E-state index contributed by atoms with van der Waals surface area (Å²) in [5.74, 6) is -0.192. The van der Waals surface area contributed by atoms with Crippen LogP contribution in [0.2, 0.25) is 0 Å². The maximum Gasteiger partial charge on any atom is 0.139 e. The van der Waals surface area contributed by atoms with Crippen molar-refractivity contribution in [2.45, 2.75) is 12.8 Å². The molecular weight excluding hydrogens is 221 g/mol. The van der Waals surface area contributed by atoms with E-state index in [1.54, 1.807) is 6.07 Å². The highest BCUT2D eigenvalue weighted by Crippen LogP contribution is 2.27. The second-order valence-electron chi connectivity index (χ2n) is 2.95. The Labute approximate surface area is 79.1 Å². The van der Waals surface area contributed by atoms with Gasteiger partial charge in [-0.1, -0.05) is 0 Å². The van der Waals surface area contributed by atoms with E-state index < -0.39 is 0 Å². The largest absolute Gasteiger partial charge is 0.385 e. The van der Waals surface area contributed by atoms with E-state index in [0.29, 0.717) is 4.47 Å². The first-order valence-corrected chi connectivity index (χ1v) is 4.78.